The maximum Gasteiger partial charge on any atom is 0.226 e. The molecule has 18 heavy (non-hydrogen) atoms. The number of aliphatic hydroxyl groups is 1. The summed E-state index contributed by atoms with van der Waals surface area (Å²) in [7, 11) is 0. The highest BCUT2D eigenvalue weighted by Gasteiger charge is 2.22. The number of phenolic OH excluding ortho intramolecular Hbond substituents is 1. The van der Waals surface area contributed by atoms with E-state index < -0.39 is 0 Å². The van der Waals surface area contributed by atoms with Gasteiger partial charge in [0.25, 0.3) is 0 Å². The number of hydrogen-bond donors (Lipinski definition) is 2. The lowest BCUT2D eigenvalue weighted by atomic mass is 9.97. The van der Waals surface area contributed by atoms with Gasteiger partial charge in [0.15, 0.2) is 0 Å². The van der Waals surface area contributed by atoms with Crippen molar-refractivity contribution in [3.05, 3.63) is 29.8 Å². The van der Waals surface area contributed by atoms with Gasteiger partial charge in [-0.05, 0) is 36.5 Å². The number of aliphatic hydroxyl groups excluding tert-OH is 1. The standard InChI is InChI=1S/C14H19NO3/c16-10-11-4-6-15(7-5-11)14(18)9-12-2-1-3-13(17)8-12/h1-3,8,11,16-17H,4-7,9-10H2. The summed E-state index contributed by atoms with van der Waals surface area (Å²) in [5.41, 5.74) is 0.837. The van der Waals surface area contributed by atoms with Gasteiger partial charge in [-0.15, -0.1) is 0 Å². The molecule has 1 heterocycles. The van der Waals surface area contributed by atoms with Crippen molar-refractivity contribution in [3.63, 3.8) is 0 Å². The average molecular weight is 249 g/mol. The van der Waals surface area contributed by atoms with Crippen molar-refractivity contribution in [2.75, 3.05) is 19.7 Å². The summed E-state index contributed by atoms with van der Waals surface area (Å²) in [4.78, 5) is 13.9. The Labute approximate surface area is 107 Å². The fourth-order valence-corrected chi connectivity index (χ4v) is 2.32. The molecule has 0 aromatic heterocycles. The van der Waals surface area contributed by atoms with E-state index in [1.165, 1.54) is 0 Å². The van der Waals surface area contributed by atoms with Gasteiger partial charge in [0, 0.05) is 19.7 Å². The SMILES string of the molecule is O=C(Cc1cccc(O)c1)N1CCC(CO)CC1. The van der Waals surface area contributed by atoms with Crippen molar-refractivity contribution in [2.24, 2.45) is 5.92 Å². The van der Waals surface area contributed by atoms with Crippen LogP contribution in [0, 0.1) is 5.92 Å². The van der Waals surface area contributed by atoms with E-state index in [9.17, 15) is 9.90 Å². The van der Waals surface area contributed by atoms with Crippen molar-refractivity contribution in [3.8, 4) is 5.75 Å². The summed E-state index contributed by atoms with van der Waals surface area (Å²) >= 11 is 0. The number of benzene rings is 1. The molecule has 4 nitrogen and oxygen atoms in total. The molecule has 1 saturated heterocycles. The molecule has 1 aromatic carbocycles. The molecule has 0 bridgehead atoms. The molecule has 0 atom stereocenters. The number of phenols is 1. The van der Waals surface area contributed by atoms with Crippen LogP contribution < -0.4 is 0 Å². The second-order valence-corrected chi connectivity index (χ2v) is 4.85. The van der Waals surface area contributed by atoms with Crippen LogP contribution in [0.1, 0.15) is 18.4 Å². The van der Waals surface area contributed by atoms with Crippen molar-refractivity contribution < 1.29 is 15.0 Å². The lowest BCUT2D eigenvalue weighted by molar-refractivity contribution is -0.132. The molecule has 2 N–H and O–H groups in total. The first-order valence-electron chi connectivity index (χ1n) is 6.35. The molecule has 1 fully saturated rings. The van der Waals surface area contributed by atoms with Crippen LogP contribution in [0.4, 0.5) is 0 Å². The Morgan fingerprint density at radius 1 is 1.33 bits per heavy atom. The zero-order valence-electron chi connectivity index (χ0n) is 10.4. The first-order chi connectivity index (χ1) is 8.69. The third-order valence-corrected chi connectivity index (χ3v) is 3.49. The van der Waals surface area contributed by atoms with E-state index in [1.807, 2.05) is 11.0 Å². The van der Waals surface area contributed by atoms with Crippen LogP contribution in [0.15, 0.2) is 24.3 Å². The molecule has 98 valence electrons. The highest BCUT2D eigenvalue weighted by molar-refractivity contribution is 5.79. The zero-order valence-corrected chi connectivity index (χ0v) is 10.4. The van der Waals surface area contributed by atoms with E-state index in [0.717, 1.165) is 31.5 Å². The summed E-state index contributed by atoms with van der Waals surface area (Å²) in [6, 6.07) is 6.81. The summed E-state index contributed by atoms with van der Waals surface area (Å²) in [6.07, 6.45) is 2.09. The largest absolute Gasteiger partial charge is 0.508 e. The van der Waals surface area contributed by atoms with Crippen molar-refractivity contribution in [1.82, 2.24) is 4.90 Å². The van der Waals surface area contributed by atoms with Crippen molar-refractivity contribution >= 4 is 5.91 Å². The van der Waals surface area contributed by atoms with E-state index in [-0.39, 0.29) is 18.3 Å². The lowest BCUT2D eigenvalue weighted by Crippen LogP contribution is -2.40. The van der Waals surface area contributed by atoms with Gasteiger partial charge in [-0.2, -0.15) is 0 Å². The summed E-state index contributed by atoms with van der Waals surface area (Å²) in [5, 5.41) is 18.4. The van der Waals surface area contributed by atoms with E-state index in [1.54, 1.807) is 18.2 Å². The van der Waals surface area contributed by atoms with Crippen LogP contribution in [0.3, 0.4) is 0 Å². The number of carbonyl (C=O) groups excluding carboxylic acids is 1. The molecule has 2 rings (SSSR count). The molecule has 1 amide bonds. The third kappa shape index (κ3) is 3.23. The van der Waals surface area contributed by atoms with Crippen LogP contribution in [0.5, 0.6) is 5.75 Å². The predicted molar refractivity (Wildman–Crippen MR) is 68.2 cm³/mol. The topological polar surface area (TPSA) is 60.8 Å². The minimum Gasteiger partial charge on any atom is -0.508 e. The van der Waals surface area contributed by atoms with Gasteiger partial charge in [-0.1, -0.05) is 12.1 Å². The molecule has 1 aromatic rings. The number of likely N-dealkylation sites (tertiary alicyclic amines) is 1. The van der Waals surface area contributed by atoms with E-state index >= 15 is 0 Å². The first-order valence-corrected chi connectivity index (χ1v) is 6.35. The second-order valence-electron chi connectivity index (χ2n) is 4.85. The molecular weight excluding hydrogens is 230 g/mol. The quantitative estimate of drug-likeness (QED) is 0.845. The van der Waals surface area contributed by atoms with Gasteiger partial charge in [-0.3, -0.25) is 4.79 Å². The van der Waals surface area contributed by atoms with Crippen LogP contribution in [-0.2, 0) is 11.2 Å². The van der Waals surface area contributed by atoms with E-state index in [2.05, 4.69) is 0 Å². The molecule has 0 unspecified atom stereocenters. The minimum atomic E-state index is 0.0944. The van der Waals surface area contributed by atoms with Gasteiger partial charge in [0.1, 0.15) is 5.75 Å². The average Bonchev–Trinajstić information content (AvgIpc) is 2.39. The van der Waals surface area contributed by atoms with Crippen LogP contribution >= 0.6 is 0 Å². The van der Waals surface area contributed by atoms with Gasteiger partial charge in [-0.25, -0.2) is 0 Å². The summed E-state index contributed by atoms with van der Waals surface area (Å²) in [5.74, 6) is 0.631. The molecule has 1 aliphatic heterocycles. The van der Waals surface area contributed by atoms with Gasteiger partial charge in [0.05, 0.1) is 6.42 Å². The Balaban J connectivity index is 1.89. The molecule has 0 aliphatic carbocycles. The number of nitrogens with zero attached hydrogens (tertiary/aromatic N) is 1. The highest BCUT2D eigenvalue weighted by atomic mass is 16.3. The second kappa shape index (κ2) is 5.87. The van der Waals surface area contributed by atoms with Crippen LogP contribution in [0.25, 0.3) is 0 Å². The van der Waals surface area contributed by atoms with Crippen LogP contribution in [0.2, 0.25) is 0 Å². The van der Waals surface area contributed by atoms with Gasteiger partial charge in [0.2, 0.25) is 5.91 Å². The monoisotopic (exact) mass is 249 g/mol. The summed E-state index contributed by atoms with van der Waals surface area (Å²) in [6.45, 7) is 1.67. The Bertz CT molecular complexity index is 411. The molecule has 1 aliphatic rings. The molecule has 0 spiro atoms. The van der Waals surface area contributed by atoms with Gasteiger partial charge < -0.3 is 15.1 Å². The summed E-state index contributed by atoms with van der Waals surface area (Å²) < 4.78 is 0. The van der Waals surface area contributed by atoms with E-state index in [0.29, 0.717) is 12.3 Å². The predicted octanol–water partition coefficient (Wildman–Crippen LogP) is 1.17. The number of amides is 1. The number of hydrogen-bond acceptors (Lipinski definition) is 3. The molecule has 0 saturated carbocycles. The number of rotatable bonds is 3. The highest BCUT2D eigenvalue weighted by Crippen LogP contribution is 2.18. The van der Waals surface area contributed by atoms with E-state index in [4.69, 9.17) is 5.11 Å². The Hall–Kier alpha value is -1.55. The lowest BCUT2D eigenvalue weighted by Gasteiger charge is -2.31. The normalized spacial score (nSPS) is 16.8. The van der Waals surface area contributed by atoms with Gasteiger partial charge >= 0.3 is 0 Å². The minimum absolute atomic E-state index is 0.0944. The number of carbonyl (C=O) groups is 1. The smallest absolute Gasteiger partial charge is 0.226 e. The first kappa shape index (κ1) is 12.9. The fraction of sp³-hybridized carbons (Fsp3) is 0.500. The Morgan fingerprint density at radius 2 is 2.06 bits per heavy atom. The Morgan fingerprint density at radius 3 is 2.67 bits per heavy atom. The molecule has 0 radical (unpaired) electrons. The zero-order chi connectivity index (χ0) is 13.0. The number of aromatic hydroxyl groups is 1. The number of piperidine rings is 1. The maximum absolute atomic E-state index is 12.1. The fourth-order valence-electron chi connectivity index (χ4n) is 2.32. The van der Waals surface area contributed by atoms with Crippen molar-refractivity contribution in [1.29, 1.82) is 0 Å². The van der Waals surface area contributed by atoms with Crippen molar-refractivity contribution in [2.45, 2.75) is 19.3 Å². The third-order valence-electron chi connectivity index (χ3n) is 3.49. The Kier molecular flexibility index (Phi) is 4.20. The maximum atomic E-state index is 12.1. The molecule has 4 heteroatoms. The molecular formula is C14H19NO3. The van der Waals surface area contributed by atoms with Crippen LogP contribution in [-0.4, -0.2) is 40.7 Å².